The molecule has 8 heteroatoms. The van der Waals surface area contributed by atoms with Gasteiger partial charge in [0.2, 0.25) is 5.71 Å². The van der Waals surface area contributed by atoms with Gasteiger partial charge in [-0.15, -0.1) is 4.59 Å². The van der Waals surface area contributed by atoms with Crippen LogP contribution in [0.3, 0.4) is 0 Å². The van der Waals surface area contributed by atoms with Gasteiger partial charge in [0.05, 0.1) is 17.5 Å². The molecule has 1 aromatic heterocycles. The number of hydrogen-bond acceptors (Lipinski definition) is 6. The van der Waals surface area contributed by atoms with Gasteiger partial charge in [0.15, 0.2) is 11.5 Å². The molecule has 1 aliphatic rings. The number of anilines is 1. The first-order chi connectivity index (χ1) is 16.4. The highest BCUT2D eigenvalue weighted by Gasteiger charge is 2.47. The summed E-state index contributed by atoms with van der Waals surface area (Å²) in [7, 11) is 0. The monoisotopic (exact) mass is 457 g/mol. The number of carbonyl (C=O) groups excluding carboxylic acids is 2. The molecule has 1 unspecified atom stereocenters. The van der Waals surface area contributed by atoms with Crippen molar-refractivity contribution in [1.82, 2.24) is 4.98 Å². The Hall–Kier alpha value is -4.17. The molecule has 1 aliphatic heterocycles. The fourth-order valence-corrected chi connectivity index (χ4v) is 4.16. The number of carbonyl (C=O) groups is 3. The lowest BCUT2D eigenvalue weighted by Crippen LogP contribution is -2.55. The number of nitrogens with one attached hydrogen (secondary N) is 1. The first-order valence-corrected chi connectivity index (χ1v) is 11.0. The first kappa shape index (κ1) is 23.0. The lowest BCUT2D eigenvalue weighted by Gasteiger charge is -2.33. The molecule has 8 nitrogen and oxygen atoms in total. The third-order valence-electron chi connectivity index (χ3n) is 5.99. The maximum atomic E-state index is 13.9. The second-order valence-electron chi connectivity index (χ2n) is 8.10. The number of Topliss-reactive ketones (excluding diaryl/α,β-unsaturated/α-hetero) is 1. The highest BCUT2D eigenvalue weighted by molar-refractivity contribution is 6.50. The normalized spacial score (nSPS) is 18.1. The van der Waals surface area contributed by atoms with E-state index in [9.17, 15) is 19.5 Å². The van der Waals surface area contributed by atoms with Crippen molar-refractivity contribution in [2.24, 2.45) is 5.10 Å². The Bertz CT molecular complexity index is 1340. The summed E-state index contributed by atoms with van der Waals surface area (Å²) in [6.45, 7) is 3.49. The number of aliphatic carboxylic acids is 1. The maximum Gasteiger partial charge on any atom is 0.389 e. The summed E-state index contributed by atoms with van der Waals surface area (Å²) in [6, 6.07) is 17.1. The van der Waals surface area contributed by atoms with Crippen molar-refractivity contribution in [3.8, 4) is 0 Å². The Morgan fingerprint density at radius 2 is 1.74 bits per heavy atom. The number of benzene rings is 2. The SMILES string of the molecule is CC[N+]1(CCc2ccccc2)N=C(C(=O)O)C(C(C)=O)=C(Nc2cncc3ccccc23)C1=O. The smallest absolute Gasteiger partial charge is 0.389 e. The minimum absolute atomic E-state index is 0.0760. The minimum Gasteiger partial charge on any atom is -0.476 e. The summed E-state index contributed by atoms with van der Waals surface area (Å²) in [6.07, 6.45) is 3.76. The number of rotatable bonds is 8. The van der Waals surface area contributed by atoms with E-state index in [2.05, 4.69) is 15.4 Å². The Balaban J connectivity index is 1.83. The molecule has 0 bridgehead atoms. The number of likely N-dealkylation sites (N-methyl/N-ethyl adjacent to an activating group) is 1. The molecule has 0 fully saturated rings. The topological polar surface area (TPSA) is 109 Å². The third kappa shape index (κ3) is 4.23. The molecular formula is C26H25N4O4+. The van der Waals surface area contributed by atoms with Crippen LogP contribution in [0.2, 0.25) is 0 Å². The molecule has 0 spiro atoms. The molecule has 4 rings (SSSR count). The average molecular weight is 458 g/mol. The van der Waals surface area contributed by atoms with Crippen molar-refractivity contribution >= 4 is 39.8 Å². The molecule has 0 radical (unpaired) electrons. The standard InChI is InChI=1S/C26H24N4O4/c1-3-30(14-13-18-9-5-4-6-10-18)25(32)23(22(17(2)31)24(29-30)26(33)34)28-21-16-27-15-19-11-7-8-12-20(19)21/h4-12,15-16H,3,13-14H2,1-2H3,(H-,28,29,31,33,34)/p+1. The number of pyridine rings is 1. The van der Waals surface area contributed by atoms with Gasteiger partial charge in [-0.05, 0) is 19.4 Å². The van der Waals surface area contributed by atoms with Gasteiger partial charge in [0.25, 0.3) is 0 Å². The van der Waals surface area contributed by atoms with Crippen LogP contribution in [-0.2, 0) is 20.8 Å². The van der Waals surface area contributed by atoms with Crippen LogP contribution in [0.5, 0.6) is 0 Å². The number of ketones is 1. The van der Waals surface area contributed by atoms with Crippen LogP contribution in [0.4, 0.5) is 5.69 Å². The highest BCUT2D eigenvalue weighted by Crippen LogP contribution is 2.30. The molecule has 3 aromatic rings. The van der Waals surface area contributed by atoms with Gasteiger partial charge in [0.1, 0.15) is 13.1 Å². The van der Waals surface area contributed by atoms with Crippen molar-refractivity contribution in [3.63, 3.8) is 0 Å². The number of aromatic nitrogens is 1. The van der Waals surface area contributed by atoms with E-state index in [-0.39, 0.29) is 24.4 Å². The van der Waals surface area contributed by atoms with Crippen molar-refractivity contribution in [1.29, 1.82) is 0 Å². The maximum absolute atomic E-state index is 13.9. The Morgan fingerprint density at radius 3 is 2.41 bits per heavy atom. The summed E-state index contributed by atoms with van der Waals surface area (Å²) >= 11 is 0. The van der Waals surface area contributed by atoms with Crippen LogP contribution in [0, 0.1) is 0 Å². The summed E-state index contributed by atoms with van der Waals surface area (Å²) in [5.41, 5.74) is 0.782. The average Bonchev–Trinajstić information content (AvgIpc) is 2.85. The largest absolute Gasteiger partial charge is 0.476 e. The van der Waals surface area contributed by atoms with Gasteiger partial charge in [-0.3, -0.25) is 9.78 Å². The zero-order valence-corrected chi connectivity index (χ0v) is 19.0. The number of carboxylic acid groups (broad SMARTS) is 1. The number of fused-ring (bicyclic) bond motifs is 1. The first-order valence-electron chi connectivity index (χ1n) is 11.0. The van der Waals surface area contributed by atoms with E-state index >= 15 is 0 Å². The Labute approximate surface area is 196 Å². The van der Waals surface area contributed by atoms with E-state index in [1.807, 2.05) is 54.6 Å². The zero-order chi connectivity index (χ0) is 24.3. The number of hydrogen-bond donors (Lipinski definition) is 2. The second kappa shape index (κ2) is 9.36. The van der Waals surface area contributed by atoms with E-state index < -0.39 is 28.0 Å². The van der Waals surface area contributed by atoms with Crippen molar-refractivity contribution in [2.75, 3.05) is 18.4 Å². The molecule has 0 saturated heterocycles. The van der Waals surface area contributed by atoms with Crippen LogP contribution in [-0.4, -0.2) is 51.1 Å². The highest BCUT2D eigenvalue weighted by atomic mass is 16.4. The van der Waals surface area contributed by atoms with Gasteiger partial charge >= 0.3 is 11.9 Å². The predicted octanol–water partition coefficient (Wildman–Crippen LogP) is 3.55. The van der Waals surface area contributed by atoms with E-state index in [4.69, 9.17) is 0 Å². The van der Waals surface area contributed by atoms with E-state index in [0.29, 0.717) is 12.1 Å². The van der Waals surface area contributed by atoms with Gasteiger partial charge in [-0.1, -0.05) is 59.7 Å². The van der Waals surface area contributed by atoms with Crippen molar-refractivity contribution < 1.29 is 24.1 Å². The fourth-order valence-electron chi connectivity index (χ4n) is 4.16. The predicted molar refractivity (Wildman–Crippen MR) is 129 cm³/mol. The molecule has 2 aromatic carbocycles. The van der Waals surface area contributed by atoms with Crippen LogP contribution in [0.1, 0.15) is 19.4 Å². The molecule has 2 heterocycles. The second-order valence-corrected chi connectivity index (χ2v) is 8.10. The molecule has 1 amide bonds. The van der Waals surface area contributed by atoms with Crippen LogP contribution >= 0.6 is 0 Å². The number of quaternary nitrogens is 1. The molecular weight excluding hydrogens is 432 g/mol. The lowest BCUT2D eigenvalue weighted by atomic mass is 10.00. The molecule has 172 valence electrons. The summed E-state index contributed by atoms with van der Waals surface area (Å²) in [5, 5.41) is 19.0. The Morgan fingerprint density at radius 1 is 1.03 bits per heavy atom. The molecule has 0 saturated carbocycles. The van der Waals surface area contributed by atoms with Gasteiger partial charge in [-0.25, -0.2) is 9.59 Å². The minimum atomic E-state index is -1.36. The number of nitrogens with zero attached hydrogens (tertiary/aromatic N) is 3. The lowest BCUT2D eigenvalue weighted by molar-refractivity contribution is -0.857. The van der Waals surface area contributed by atoms with E-state index in [1.165, 1.54) is 6.92 Å². The molecule has 1 atom stereocenters. The molecule has 0 aliphatic carbocycles. The summed E-state index contributed by atoms with van der Waals surface area (Å²) < 4.78 is -0.464. The van der Waals surface area contributed by atoms with Crippen molar-refractivity contribution in [3.05, 3.63) is 83.8 Å². The van der Waals surface area contributed by atoms with Crippen LogP contribution in [0.15, 0.2) is 83.4 Å². The number of carboxylic acids is 1. The van der Waals surface area contributed by atoms with Crippen molar-refractivity contribution in [2.45, 2.75) is 20.3 Å². The fraction of sp³-hybridized carbons (Fsp3) is 0.192. The number of amides is 1. The Kier molecular flexibility index (Phi) is 6.34. The van der Waals surface area contributed by atoms with Gasteiger partial charge in [0, 0.05) is 23.4 Å². The van der Waals surface area contributed by atoms with Crippen LogP contribution in [0.25, 0.3) is 10.8 Å². The van der Waals surface area contributed by atoms with Gasteiger partial charge < -0.3 is 10.4 Å². The van der Waals surface area contributed by atoms with E-state index in [0.717, 1.165) is 16.3 Å². The van der Waals surface area contributed by atoms with Crippen LogP contribution < -0.4 is 5.32 Å². The zero-order valence-electron chi connectivity index (χ0n) is 19.0. The quantitative estimate of drug-likeness (QED) is 0.501. The molecule has 2 N–H and O–H groups in total. The van der Waals surface area contributed by atoms with Gasteiger partial charge in [-0.2, -0.15) is 0 Å². The molecule has 34 heavy (non-hydrogen) atoms. The summed E-state index contributed by atoms with van der Waals surface area (Å²) in [5.74, 6) is -2.37. The third-order valence-corrected chi connectivity index (χ3v) is 5.99. The summed E-state index contributed by atoms with van der Waals surface area (Å²) in [4.78, 5) is 42.9. The van der Waals surface area contributed by atoms with E-state index in [1.54, 1.807) is 19.3 Å².